The van der Waals surface area contributed by atoms with E-state index in [1.807, 2.05) is 60.7 Å². The molecule has 2 N–H and O–H groups in total. The van der Waals surface area contributed by atoms with Crippen LogP contribution < -0.4 is 5.32 Å². The number of hydrogen-bond donors (Lipinski definition) is 1. The number of nitrogens with two attached hydrogens (primary N) is 1. The molecule has 1 saturated carbocycles. The third kappa shape index (κ3) is 4.25. The molecule has 126 valence electrons. The van der Waals surface area contributed by atoms with Crippen molar-refractivity contribution >= 4 is 17.4 Å². The van der Waals surface area contributed by atoms with Gasteiger partial charge < -0.3 is 5.32 Å². The first-order valence-electron chi connectivity index (χ1n) is 8.89. The Balaban J connectivity index is 1.83. The van der Waals surface area contributed by atoms with Crippen LogP contribution in [0.25, 0.3) is 0 Å². The minimum absolute atomic E-state index is 0.130. The van der Waals surface area contributed by atoms with Crippen molar-refractivity contribution in [1.82, 2.24) is 0 Å². The van der Waals surface area contributed by atoms with E-state index in [0.29, 0.717) is 6.04 Å². The van der Waals surface area contributed by atoms with Gasteiger partial charge >= 0.3 is 0 Å². The Morgan fingerprint density at radius 1 is 0.917 bits per heavy atom. The van der Waals surface area contributed by atoms with Gasteiger partial charge in [0.05, 0.1) is 6.04 Å². The second-order valence-corrected chi connectivity index (χ2v) is 7.13. The number of carbonyl (C=O) groups is 1. The van der Waals surface area contributed by atoms with Crippen LogP contribution >= 0.6 is 11.6 Å². The minimum atomic E-state index is -0.319. The zero-order chi connectivity index (χ0) is 16.8. The third-order valence-electron chi connectivity index (χ3n) is 4.92. The Hall–Kier alpha value is -1.64. The Morgan fingerprint density at radius 2 is 1.50 bits per heavy atom. The van der Waals surface area contributed by atoms with Crippen LogP contribution in [0.1, 0.15) is 53.4 Å². The normalized spacial score (nSPS) is 18.0. The van der Waals surface area contributed by atoms with Gasteiger partial charge in [0.15, 0.2) is 6.04 Å². The molecule has 0 heterocycles. The number of alkyl halides is 1. The third-order valence-corrected chi connectivity index (χ3v) is 5.45. The summed E-state index contributed by atoms with van der Waals surface area (Å²) in [6.45, 7) is 0. The summed E-state index contributed by atoms with van der Waals surface area (Å²) in [5.41, 5.74) is 1.76. The molecule has 2 aromatic carbocycles. The number of rotatable bonds is 6. The summed E-state index contributed by atoms with van der Waals surface area (Å²) in [5, 5.41) is 1.92. The molecule has 0 unspecified atom stereocenters. The van der Waals surface area contributed by atoms with Crippen LogP contribution in [0.4, 0.5) is 0 Å². The molecule has 2 aromatic rings. The van der Waals surface area contributed by atoms with Gasteiger partial charge in [-0.2, -0.15) is 0 Å². The standard InChI is InChI=1S/C21H24ClNO/c22-19(16-10-4-1-5-11-16)20(23-18-14-8-3-9-15-18)21(24)17-12-6-2-7-13-17/h1-2,4-7,10-13,18-20,23H,3,8-9,14-15H2/p+1/t19-,20+/m0/s1. The van der Waals surface area contributed by atoms with Crippen molar-refractivity contribution in [3.63, 3.8) is 0 Å². The minimum Gasteiger partial charge on any atom is -0.333 e. The predicted octanol–water partition coefficient (Wildman–Crippen LogP) is 4.11. The molecule has 2 nitrogen and oxygen atoms in total. The number of ketones is 1. The molecule has 0 spiro atoms. The largest absolute Gasteiger partial charge is 0.333 e. The first-order chi connectivity index (χ1) is 11.8. The molecule has 24 heavy (non-hydrogen) atoms. The summed E-state index contributed by atoms with van der Waals surface area (Å²) in [6.07, 6.45) is 6.18. The molecule has 0 saturated heterocycles. The highest BCUT2D eigenvalue weighted by molar-refractivity contribution is 6.23. The van der Waals surface area contributed by atoms with Gasteiger partial charge in [0, 0.05) is 5.56 Å². The number of benzene rings is 2. The Kier molecular flexibility index (Phi) is 6.06. The molecule has 0 bridgehead atoms. The van der Waals surface area contributed by atoms with E-state index in [1.165, 1.54) is 32.1 Å². The van der Waals surface area contributed by atoms with Crippen LogP contribution in [0.15, 0.2) is 60.7 Å². The lowest BCUT2D eigenvalue weighted by Gasteiger charge is -2.27. The topological polar surface area (TPSA) is 33.7 Å². The highest BCUT2D eigenvalue weighted by Gasteiger charge is 2.34. The van der Waals surface area contributed by atoms with Crippen LogP contribution in [0, 0.1) is 0 Å². The van der Waals surface area contributed by atoms with Crippen LogP contribution in [-0.4, -0.2) is 17.9 Å². The van der Waals surface area contributed by atoms with Crippen LogP contribution in [0.2, 0.25) is 0 Å². The number of quaternary nitrogens is 1. The Morgan fingerprint density at radius 3 is 2.12 bits per heavy atom. The van der Waals surface area contributed by atoms with Crippen LogP contribution in [-0.2, 0) is 0 Å². The van der Waals surface area contributed by atoms with Gasteiger partial charge in [-0.05, 0) is 31.2 Å². The van der Waals surface area contributed by atoms with E-state index < -0.39 is 0 Å². The smallest absolute Gasteiger partial charge is 0.221 e. The van der Waals surface area contributed by atoms with Crippen molar-refractivity contribution in [3.05, 3.63) is 71.8 Å². The maximum Gasteiger partial charge on any atom is 0.221 e. The molecule has 3 heteroatoms. The van der Waals surface area contributed by atoms with Gasteiger partial charge in [0.2, 0.25) is 5.78 Å². The second-order valence-electron chi connectivity index (χ2n) is 6.66. The fourth-order valence-corrected chi connectivity index (χ4v) is 3.92. The maximum atomic E-state index is 13.1. The van der Waals surface area contributed by atoms with E-state index in [9.17, 15) is 4.79 Å². The average molecular weight is 343 g/mol. The Bertz CT molecular complexity index is 637. The summed E-state index contributed by atoms with van der Waals surface area (Å²) in [6, 6.07) is 19.7. The number of halogens is 1. The number of carbonyl (C=O) groups excluding carboxylic acids is 1. The van der Waals surface area contributed by atoms with Crippen molar-refractivity contribution in [2.24, 2.45) is 0 Å². The molecule has 0 aromatic heterocycles. The average Bonchev–Trinajstić information content (AvgIpc) is 2.67. The van der Waals surface area contributed by atoms with Gasteiger partial charge in [-0.15, -0.1) is 11.6 Å². The summed E-state index contributed by atoms with van der Waals surface area (Å²) in [4.78, 5) is 13.1. The van der Waals surface area contributed by atoms with E-state index in [2.05, 4.69) is 5.32 Å². The molecule has 1 fully saturated rings. The van der Waals surface area contributed by atoms with Gasteiger partial charge in [0.25, 0.3) is 0 Å². The van der Waals surface area contributed by atoms with Gasteiger partial charge in [-0.1, -0.05) is 67.1 Å². The van der Waals surface area contributed by atoms with Gasteiger partial charge in [-0.3, -0.25) is 4.79 Å². The van der Waals surface area contributed by atoms with E-state index in [-0.39, 0.29) is 17.2 Å². The maximum absolute atomic E-state index is 13.1. The van der Waals surface area contributed by atoms with E-state index >= 15 is 0 Å². The highest BCUT2D eigenvalue weighted by atomic mass is 35.5. The summed E-state index contributed by atoms with van der Waals surface area (Å²) in [5.74, 6) is 0.130. The summed E-state index contributed by atoms with van der Waals surface area (Å²) >= 11 is 6.78. The molecular weight excluding hydrogens is 318 g/mol. The van der Waals surface area contributed by atoms with Crippen molar-refractivity contribution in [1.29, 1.82) is 0 Å². The van der Waals surface area contributed by atoms with Gasteiger partial charge in [-0.25, -0.2) is 0 Å². The number of hydrogen-bond acceptors (Lipinski definition) is 1. The molecular formula is C21H25ClNO+. The summed E-state index contributed by atoms with van der Waals surface area (Å²) in [7, 11) is 0. The second kappa shape index (κ2) is 8.46. The quantitative estimate of drug-likeness (QED) is 0.622. The van der Waals surface area contributed by atoms with Gasteiger partial charge in [0.1, 0.15) is 5.38 Å². The molecule has 3 rings (SSSR count). The lowest BCUT2D eigenvalue weighted by atomic mass is 9.91. The fraction of sp³-hybridized carbons (Fsp3) is 0.381. The Labute approximate surface area is 149 Å². The van der Waals surface area contributed by atoms with Crippen molar-refractivity contribution in [3.8, 4) is 0 Å². The molecule has 1 aliphatic rings. The highest BCUT2D eigenvalue weighted by Crippen LogP contribution is 2.25. The zero-order valence-electron chi connectivity index (χ0n) is 13.9. The van der Waals surface area contributed by atoms with E-state index in [4.69, 9.17) is 11.6 Å². The first kappa shape index (κ1) is 17.2. The summed E-state index contributed by atoms with van der Waals surface area (Å²) < 4.78 is 0. The predicted molar refractivity (Wildman–Crippen MR) is 98.4 cm³/mol. The lowest BCUT2D eigenvalue weighted by molar-refractivity contribution is -0.711. The van der Waals surface area contributed by atoms with Crippen molar-refractivity contribution < 1.29 is 10.1 Å². The van der Waals surface area contributed by atoms with E-state index in [1.54, 1.807) is 0 Å². The SMILES string of the molecule is O=C(c1ccccc1)[C@H]([NH2+]C1CCCCC1)[C@@H](Cl)c1ccccc1. The monoisotopic (exact) mass is 342 g/mol. The number of Topliss-reactive ketones (excluding diaryl/α,β-unsaturated/α-hetero) is 1. The van der Waals surface area contributed by atoms with Crippen molar-refractivity contribution in [2.75, 3.05) is 0 Å². The molecule has 2 atom stereocenters. The molecule has 0 aliphatic heterocycles. The first-order valence-corrected chi connectivity index (χ1v) is 9.32. The molecule has 0 radical (unpaired) electrons. The van der Waals surface area contributed by atoms with E-state index in [0.717, 1.165) is 11.1 Å². The molecule has 1 aliphatic carbocycles. The zero-order valence-corrected chi connectivity index (χ0v) is 14.7. The molecule has 0 amide bonds. The lowest BCUT2D eigenvalue weighted by Crippen LogP contribution is -2.97. The fourth-order valence-electron chi connectivity index (χ4n) is 3.58. The van der Waals surface area contributed by atoms with Crippen molar-refractivity contribution in [2.45, 2.75) is 49.6 Å². The van der Waals surface area contributed by atoms with Crippen LogP contribution in [0.5, 0.6) is 0 Å². The van der Waals surface area contributed by atoms with Crippen LogP contribution in [0.3, 0.4) is 0 Å².